The molecule has 1 saturated heterocycles. The Morgan fingerprint density at radius 1 is 1.16 bits per heavy atom. The summed E-state index contributed by atoms with van der Waals surface area (Å²) in [5.41, 5.74) is 4.46. The molecule has 16 nitrogen and oxygen atoms in total. The first-order valence-corrected chi connectivity index (χ1v) is 15.4. The van der Waals surface area contributed by atoms with E-state index in [0.29, 0.717) is 5.52 Å². The lowest BCUT2D eigenvalue weighted by molar-refractivity contribution is -0.169. The Morgan fingerprint density at radius 2 is 1.84 bits per heavy atom. The highest BCUT2D eigenvalue weighted by atomic mass is 31.2. The fourth-order valence-electron chi connectivity index (χ4n) is 4.54. The van der Waals surface area contributed by atoms with Crippen molar-refractivity contribution < 1.29 is 46.9 Å². The second-order valence-electron chi connectivity index (χ2n) is 9.86. The Balaban J connectivity index is 1.78. The molecule has 1 aromatic carbocycles. The number of carbonyl (C=O) groups is 3. The van der Waals surface area contributed by atoms with Crippen LogP contribution in [0.2, 0.25) is 0 Å². The first-order valence-electron chi connectivity index (χ1n) is 13.9. The van der Waals surface area contributed by atoms with E-state index in [2.05, 4.69) is 15.2 Å². The average Bonchev–Trinajstić information content (AvgIpc) is 3.60. The highest BCUT2D eigenvalue weighted by Crippen LogP contribution is 2.50. The number of nitrogens with zero attached hydrogens (tertiary/aromatic N) is 4. The number of hydrogen-bond acceptors (Lipinski definition) is 14. The van der Waals surface area contributed by atoms with E-state index in [-0.39, 0.29) is 30.1 Å². The molecule has 6 atom stereocenters. The van der Waals surface area contributed by atoms with Gasteiger partial charge in [-0.05, 0) is 31.2 Å². The zero-order chi connectivity index (χ0) is 32.8. The van der Waals surface area contributed by atoms with E-state index in [0.717, 1.165) is 7.11 Å². The number of aromatic nitrogens is 3. The van der Waals surface area contributed by atoms with Crippen LogP contribution in [0.25, 0.3) is 5.52 Å². The third-order valence-electron chi connectivity index (χ3n) is 6.81. The average molecular weight is 645 g/mol. The van der Waals surface area contributed by atoms with Crippen molar-refractivity contribution in [3.63, 3.8) is 0 Å². The third kappa shape index (κ3) is 7.23. The molecule has 17 heteroatoms. The van der Waals surface area contributed by atoms with Gasteiger partial charge in [-0.2, -0.15) is 15.4 Å². The van der Waals surface area contributed by atoms with Crippen molar-refractivity contribution >= 4 is 37.0 Å². The summed E-state index contributed by atoms with van der Waals surface area (Å²) in [4.78, 5) is 41.4. The van der Waals surface area contributed by atoms with Gasteiger partial charge in [0.2, 0.25) is 5.60 Å². The number of ether oxygens (including phenoxy) is 4. The van der Waals surface area contributed by atoms with Crippen LogP contribution in [-0.2, 0) is 42.4 Å². The third-order valence-corrected chi connectivity index (χ3v) is 8.44. The van der Waals surface area contributed by atoms with Crippen molar-refractivity contribution in [3.05, 3.63) is 54.5 Å². The number of rotatable bonds is 13. The summed E-state index contributed by atoms with van der Waals surface area (Å²) in [6, 6.07) is 11.9. The maximum Gasteiger partial charge on any atom is 0.459 e. The SMILES string of the molecule is CCC(=O)O[C@H]1[C@H](c2ccc3c(N)ncnn23)O[C@](C#N)(COP(=O)(N[C@@H](C)C(=O)OC)Oc2ccccc2)[C@H]1OC(=O)CC. The Bertz CT molecular complexity index is 1630. The van der Waals surface area contributed by atoms with Crippen molar-refractivity contribution in [1.82, 2.24) is 19.7 Å². The molecule has 0 saturated carbocycles. The highest BCUT2D eigenvalue weighted by Gasteiger charge is 2.62. The van der Waals surface area contributed by atoms with Crippen LogP contribution in [0.4, 0.5) is 5.82 Å². The number of anilines is 1. The summed E-state index contributed by atoms with van der Waals surface area (Å²) in [5.74, 6) is -1.94. The van der Waals surface area contributed by atoms with Gasteiger partial charge < -0.3 is 29.2 Å². The zero-order valence-corrected chi connectivity index (χ0v) is 25.8. The van der Waals surface area contributed by atoms with Gasteiger partial charge in [0.05, 0.1) is 12.8 Å². The molecule has 45 heavy (non-hydrogen) atoms. The summed E-state index contributed by atoms with van der Waals surface area (Å²) in [6.07, 6.45) is -3.16. The first-order chi connectivity index (χ1) is 21.5. The number of fused-ring (bicyclic) bond motifs is 1. The number of benzene rings is 1. The second-order valence-corrected chi connectivity index (χ2v) is 11.6. The van der Waals surface area contributed by atoms with E-state index in [1.807, 2.05) is 6.07 Å². The molecule has 3 N–H and O–H groups in total. The predicted octanol–water partition coefficient (Wildman–Crippen LogP) is 2.64. The summed E-state index contributed by atoms with van der Waals surface area (Å²) >= 11 is 0. The fraction of sp³-hybridized carbons (Fsp3) is 0.429. The summed E-state index contributed by atoms with van der Waals surface area (Å²) < 4.78 is 49.3. The topological polar surface area (TPSA) is 216 Å². The Morgan fingerprint density at radius 3 is 2.49 bits per heavy atom. The summed E-state index contributed by atoms with van der Waals surface area (Å²) in [6.45, 7) is 3.63. The zero-order valence-electron chi connectivity index (χ0n) is 24.9. The monoisotopic (exact) mass is 644 g/mol. The first kappa shape index (κ1) is 33.3. The van der Waals surface area contributed by atoms with Crippen LogP contribution in [-0.4, -0.2) is 70.1 Å². The van der Waals surface area contributed by atoms with E-state index < -0.39 is 62.2 Å². The normalized spacial score (nSPS) is 23.0. The number of nitriles is 1. The minimum atomic E-state index is -4.49. The van der Waals surface area contributed by atoms with Crippen LogP contribution >= 0.6 is 7.75 Å². The van der Waals surface area contributed by atoms with Gasteiger partial charge in [0.15, 0.2) is 18.0 Å². The molecule has 1 fully saturated rings. The number of nitrogen functional groups attached to an aromatic ring is 1. The molecule has 0 aliphatic carbocycles. The summed E-state index contributed by atoms with van der Waals surface area (Å²) in [7, 11) is -3.34. The fourth-order valence-corrected chi connectivity index (χ4v) is 6.06. The smallest absolute Gasteiger partial charge is 0.459 e. The molecule has 240 valence electrons. The standard InChI is InChI=1S/C28H33N6O10P/c1-5-21(35)41-24-23(19-12-13-20-26(30)31-16-32-34(19)20)43-28(14-29,25(24)42-22(36)6-2)15-40-45(38,33-17(3)27(37)39-4)44-18-10-8-7-9-11-18/h7-13,16-17,23-25H,5-6,15H2,1-4H3,(H,33,38)(H2,30,31,32)/t17-,23-,24-,25-,28+,45?/m0/s1. The number of methoxy groups -OCH3 is 1. The van der Waals surface area contributed by atoms with E-state index >= 15 is 0 Å². The lowest BCUT2D eigenvalue weighted by atomic mass is 9.95. The van der Waals surface area contributed by atoms with Crippen molar-refractivity contribution in [2.24, 2.45) is 0 Å². The Kier molecular flexibility index (Phi) is 10.4. The molecule has 3 heterocycles. The molecule has 0 bridgehead atoms. The molecular weight excluding hydrogens is 611 g/mol. The minimum Gasteiger partial charge on any atom is -0.468 e. The molecule has 0 spiro atoms. The number of carbonyl (C=O) groups excluding carboxylic acids is 3. The van der Waals surface area contributed by atoms with Gasteiger partial charge in [0.25, 0.3) is 0 Å². The minimum absolute atomic E-state index is 0.0484. The van der Waals surface area contributed by atoms with Crippen molar-refractivity contribution in [1.29, 1.82) is 5.26 Å². The quantitative estimate of drug-likeness (QED) is 0.155. The lowest BCUT2D eigenvalue weighted by Crippen LogP contribution is -2.49. The number of nitrogens with one attached hydrogen (secondary N) is 1. The molecule has 4 rings (SSSR count). The van der Waals surface area contributed by atoms with E-state index in [1.165, 1.54) is 36.8 Å². The van der Waals surface area contributed by atoms with Gasteiger partial charge in [-0.1, -0.05) is 32.0 Å². The van der Waals surface area contributed by atoms with Crippen LogP contribution < -0.4 is 15.3 Å². The van der Waals surface area contributed by atoms with E-state index in [1.54, 1.807) is 37.3 Å². The molecule has 1 unspecified atom stereocenters. The van der Waals surface area contributed by atoms with Crippen LogP contribution in [0.1, 0.15) is 45.4 Å². The van der Waals surface area contributed by atoms with Gasteiger partial charge in [-0.15, -0.1) is 0 Å². The van der Waals surface area contributed by atoms with Crippen molar-refractivity contribution in [2.75, 3.05) is 19.5 Å². The Labute approximate surface area is 258 Å². The Hall–Kier alpha value is -4.55. The van der Waals surface area contributed by atoms with Gasteiger partial charge in [0, 0.05) is 12.8 Å². The van der Waals surface area contributed by atoms with E-state index in [4.69, 9.17) is 33.7 Å². The van der Waals surface area contributed by atoms with Crippen LogP contribution in [0.15, 0.2) is 48.8 Å². The highest BCUT2D eigenvalue weighted by molar-refractivity contribution is 7.52. The molecule has 0 radical (unpaired) electrons. The van der Waals surface area contributed by atoms with Crippen LogP contribution in [0.5, 0.6) is 5.75 Å². The van der Waals surface area contributed by atoms with Gasteiger partial charge in [-0.25, -0.2) is 14.1 Å². The van der Waals surface area contributed by atoms with Crippen LogP contribution in [0.3, 0.4) is 0 Å². The van der Waals surface area contributed by atoms with Crippen molar-refractivity contribution in [2.45, 2.75) is 63.6 Å². The molecule has 0 amide bonds. The molecular formula is C28H33N6O10P. The van der Waals surface area contributed by atoms with Gasteiger partial charge in [0.1, 0.15) is 42.4 Å². The lowest BCUT2D eigenvalue weighted by Gasteiger charge is -2.30. The largest absolute Gasteiger partial charge is 0.468 e. The maximum atomic E-state index is 14.1. The number of esters is 3. The number of para-hydroxylation sites is 1. The second kappa shape index (κ2) is 14.0. The van der Waals surface area contributed by atoms with E-state index in [9.17, 15) is 24.2 Å². The molecule has 3 aromatic rings. The van der Waals surface area contributed by atoms with Crippen LogP contribution in [0, 0.1) is 11.3 Å². The maximum absolute atomic E-state index is 14.1. The number of nitrogens with two attached hydrogens (primary N) is 1. The molecule has 1 aliphatic heterocycles. The summed E-state index contributed by atoms with van der Waals surface area (Å²) in [5, 5.41) is 17.3. The predicted molar refractivity (Wildman–Crippen MR) is 155 cm³/mol. The van der Waals surface area contributed by atoms with Gasteiger partial charge >= 0.3 is 25.7 Å². The van der Waals surface area contributed by atoms with Crippen molar-refractivity contribution in [3.8, 4) is 11.8 Å². The molecule has 2 aromatic heterocycles. The van der Waals surface area contributed by atoms with Gasteiger partial charge in [-0.3, -0.25) is 18.9 Å². The number of hydrogen-bond donors (Lipinski definition) is 2. The molecule has 1 aliphatic rings.